The topological polar surface area (TPSA) is 78.3 Å². The molecule has 0 bridgehead atoms. The maximum Gasteiger partial charge on any atom is 0.308 e. The first-order valence-electron chi connectivity index (χ1n) is 4.90. The van der Waals surface area contributed by atoms with Crippen LogP contribution in [0.5, 0.6) is 5.75 Å². The van der Waals surface area contributed by atoms with E-state index in [1.807, 2.05) is 13.8 Å². The zero-order chi connectivity index (χ0) is 12.5. The molecule has 1 aromatic rings. The molecule has 0 spiro atoms. The highest BCUT2D eigenvalue weighted by Crippen LogP contribution is 2.40. The van der Waals surface area contributed by atoms with E-state index < -0.39 is 5.97 Å². The van der Waals surface area contributed by atoms with E-state index in [0.717, 1.165) is 0 Å². The Morgan fingerprint density at radius 3 is 2.44 bits per heavy atom. The number of esters is 1. The number of rotatable bonds is 2. The van der Waals surface area contributed by atoms with Crippen molar-refractivity contribution in [3.63, 3.8) is 0 Å². The molecule has 4 nitrogen and oxygen atoms in total. The van der Waals surface area contributed by atoms with Crippen molar-refractivity contribution in [2.75, 3.05) is 11.5 Å². The minimum absolute atomic E-state index is 0.0902. The summed E-state index contributed by atoms with van der Waals surface area (Å²) in [4.78, 5) is 11.0. The second kappa shape index (κ2) is 4.61. The Hall–Kier alpha value is -1.42. The monoisotopic (exact) mass is 242 g/mol. The number of hydrogen-bond acceptors (Lipinski definition) is 4. The van der Waals surface area contributed by atoms with Crippen molar-refractivity contribution in [1.82, 2.24) is 0 Å². The van der Waals surface area contributed by atoms with Gasteiger partial charge < -0.3 is 16.2 Å². The minimum atomic E-state index is -0.414. The SMILES string of the molecule is CC(=O)Oc1cc(N)c(Cl)c(N)c1C(C)C. The van der Waals surface area contributed by atoms with Gasteiger partial charge in [-0.3, -0.25) is 4.79 Å². The van der Waals surface area contributed by atoms with E-state index in [9.17, 15) is 4.79 Å². The summed E-state index contributed by atoms with van der Waals surface area (Å²) in [6.07, 6.45) is 0. The standard InChI is InChI=1S/C11H15ClN2O2/c1-5(2)9-8(16-6(3)15)4-7(13)10(12)11(9)14/h4-5H,13-14H2,1-3H3. The molecule has 1 aromatic carbocycles. The number of carbonyl (C=O) groups excluding carboxylic acids is 1. The number of nitrogens with two attached hydrogens (primary N) is 2. The van der Waals surface area contributed by atoms with Crippen molar-refractivity contribution in [2.24, 2.45) is 0 Å². The number of benzene rings is 1. The molecule has 0 radical (unpaired) electrons. The van der Waals surface area contributed by atoms with Gasteiger partial charge in [0, 0.05) is 18.6 Å². The fourth-order valence-corrected chi connectivity index (χ4v) is 1.68. The molecule has 0 atom stereocenters. The first-order chi connectivity index (χ1) is 7.34. The molecular weight excluding hydrogens is 228 g/mol. The van der Waals surface area contributed by atoms with Crippen LogP contribution < -0.4 is 16.2 Å². The Kier molecular flexibility index (Phi) is 3.65. The first-order valence-corrected chi connectivity index (χ1v) is 5.28. The Labute approximate surface area is 99.5 Å². The summed E-state index contributed by atoms with van der Waals surface area (Å²) in [5.74, 6) is 0.0531. The van der Waals surface area contributed by atoms with Gasteiger partial charge in [-0.15, -0.1) is 0 Å². The van der Waals surface area contributed by atoms with Crippen LogP contribution >= 0.6 is 11.6 Å². The molecule has 0 saturated carbocycles. The molecule has 88 valence electrons. The Morgan fingerprint density at radius 2 is 2.00 bits per heavy atom. The lowest BCUT2D eigenvalue weighted by atomic mass is 9.99. The minimum Gasteiger partial charge on any atom is -0.426 e. The Morgan fingerprint density at radius 1 is 1.44 bits per heavy atom. The summed E-state index contributed by atoms with van der Waals surface area (Å²) in [7, 11) is 0. The van der Waals surface area contributed by atoms with E-state index in [1.165, 1.54) is 13.0 Å². The van der Waals surface area contributed by atoms with Gasteiger partial charge in [0.25, 0.3) is 0 Å². The number of carbonyl (C=O) groups is 1. The number of anilines is 2. The van der Waals surface area contributed by atoms with Gasteiger partial charge in [0.15, 0.2) is 0 Å². The first kappa shape index (κ1) is 12.6. The molecule has 0 amide bonds. The quantitative estimate of drug-likeness (QED) is 0.475. The van der Waals surface area contributed by atoms with Crippen molar-refractivity contribution in [2.45, 2.75) is 26.7 Å². The molecule has 1 rings (SSSR count). The third-order valence-corrected chi connectivity index (χ3v) is 2.58. The lowest BCUT2D eigenvalue weighted by Gasteiger charge is -2.17. The predicted octanol–water partition coefficient (Wildman–Crippen LogP) is 2.55. The molecule has 0 aliphatic carbocycles. The molecule has 0 saturated heterocycles. The summed E-state index contributed by atoms with van der Waals surface area (Å²) in [5.41, 5.74) is 12.9. The van der Waals surface area contributed by atoms with Crippen LogP contribution in [0.15, 0.2) is 6.07 Å². The van der Waals surface area contributed by atoms with Gasteiger partial charge in [-0.25, -0.2) is 0 Å². The average Bonchev–Trinajstić information content (AvgIpc) is 2.12. The van der Waals surface area contributed by atoms with E-state index in [2.05, 4.69) is 0 Å². The lowest BCUT2D eigenvalue weighted by Crippen LogP contribution is -2.08. The maximum atomic E-state index is 11.0. The number of hydrogen-bond donors (Lipinski definition) is 2. The maximum absolute atomic E-state index is 11.0. The van der Waals surface area contributed by atoms with Crippen molar-refractivity contribution in [3.8, 4) is 5.75 Å². The molecule has 0 aliphatic heterocycles. The second-order valence-electron chi connectivity index (χ2n) is 3.85. The third-order valence-electron chi connectivity index (χ3n) is 2.16. The predicted molar refractivity (Wildman–Crippen MR) is 65.7 cm³/mol. The zero-order valence-electron chi connectivity index (χ0n) is 9.50. The fourth-order valence-electron chi connectivity index (χ4n) is 1.52. The van der Waals surface area contributed by atoms with Crippen LogP contribution in [0.2, 0.25) is 5.02 Å². The lowest BCUT2D eigenvalue weighted by molar-refractivity contribution is -0.131. The van der Waals surface area contributed by atoms with Crippen molar-refractivity contribution in [1.29, 1.82) is 0 Å². The molecule has 0 aliphatic rings. The number of nitrogen functional groups attached to an aromatic ring is 2. The van der Waals surface area contributed by atoms with Crippen molar-refractivity contribution in [3.05, 3.63) is 16.7 Å². The molecule has 0 unspecified atom stereocenters. The van der Waals surface area contributed by atoms with Crippen LogP contribution in [-0.4, -0.2) is 5.97 Å². The van der Waals surface area contributed by atoms with E-state index in [4.69, 9.17) is 27.8 Å². The highest BCUT2D eigenvalue weighted by atomic mass is 35.5. The van der Waals surface area contributed by atoms with Crippen molar-refractivity contribution >= 4 is 28.9 Å². The third kappa shape index (κ3) is 2.39. The van der Waals surface area contributed by atoms with Gasteiger partial charge in [0.05, 0.1) is 16.4 Å². The Bertz CT molecular complexity index is 430. The van der Waals surface area contributed by atoms with Crippen LogP contribution in [0.25, 0.3) is 0 Å². The van der Waals surface area contributed by atoms with Gasteiger partial charge in [-0.2, -0.15) is 0 Å². The fraction of sp³-hybridized carbons (Fsp3) is 0.364. The molecule has 0 aromatic heterocycles. The molecule has 0 heterocycles. The molecule has 0 fully saturated rings. The summed E-state index contributed by atoms with van der Waals surface area (Å²) in [5, 5.41) is 0.305. The van der Waals surface area contributed by atoms with Gasteiger partial charge >= 0.3 is 5.97 Å². The number of ether oxygens (including phenoxy) is 1. The van der Waals surface area contributed by atoms with E-state index in [-0.39, 0.29) is 5.92 Å². The summed E-state index contributed by atoms with van der Waals surface area (Å²) in [6, 6.07) is 1.52. The van der Waals surface area contributed by atoms with E-state index in [0.29, 0.717) is 27.7 Å². The molecule has 4 N–H and O–H groups in total. The normalized spacial score (nSPS) is 10.6. The largest absolute Gasteiger partial charge is 0.426 e. The van der Waals surface area contributed by atoms with Crippen LogP contribution in [-0.2, 0) is 4.79 Å². The smallest absolute Gasteiger partial charge is 0.308 e. The molecule has 5 heteroatoms. The molecular formula is C11H15ClN2O2. The van der Waals surface area contributed by atoms with Gasteiger partial charge in [-0.05, 0) is 5.92 Å². The van der Waals surface area contributed by atoms with Crippen molar-refractivity contribution < 1.29 is 9.53 Å². The Balaban J connectivity index is 3.40. The van der Waals surface area contributed by atoms with Gasteiger partial charge in [-0.1, -0.05) is 25.4 Å². The summed E-state index contributed by atoms with van der Waals surface area (Å²) in [6.45, 7) is 5.20. The van der Waals surface area contributed by atoms with Crippen LogP contribution in [0.4, 0.5) is 11.4 Å². The summed E-state index contributed by atoms with van der Waals surface area (Å²) < 4.78 is 5.07. The van der Waals surface area contributed by atoms with E-state index >= 15 is 0 Å². The van der Waals surface area contributed by atoms with Gasteiger partial charge in [0.1, 0.15) is 5.75 Å². The van der Waals surface area contributed by atoms with E-state index in [1.54, 1.807) is 0 Å². The zero-order valence-corrected chi connectivity index (χ0v) is 10.3. The second-order valence-corrected chi connectivity index (χ2v) is 4.23. The number of halogens is 1. The average molecular weight is 243 g/mol. The highest BCUT2D eigenvalue weighted by molar-refractivity contribution is 6.35. The van der Waals surface area contributed by atoms with Gasteiger partial charge in [0.2, 0.25) is 0 Å². The van der Waals surface area contributed by atoms with Crippen LogP contribution in [0.1, 0.15) is 32.3 Å². The highest BCUT2D eigenvalue weighted by Gasteiger charge is 2.18. The van der Waals surface area contributed by atoms with Crippen LogP contribution in [0, 0.1) is 0 Å². The summed E-state index contributed by atoms with van der Waals surface area (Å²) >= 11 is 5.94. The molecule has 16 heavy (non-hydrogen) atoms. The van der Waals surface area contributed by atoms with Crippen LogP contribution in [0.3, 0.4) is 0 Å².